The molecule has 0 radical (unpaired) electrons. The molecular weight excluding hydrogens is 535 g/mol. The minimum atomic E-state index is -0.696. The van der Waals surface area contributed by atoms with Crippen LogP contribution in [0, 0.1) is 0 Å². The van der Waals surface area contributed by atoms with Crippen molar-refractivity contribution in [1.29, 1.82) is 0 Å². The normalized spacial score (nSPS) is 11.5. The van der Waals surface area contributed by atoms with Gasteiger partial charge in [-0.2, -0.15) is 0 Å². The summed E-state index contributed by atoms with van der Waals surface area (Å²) in [6.45, 7) is 0.153. The number of benzene rings is 3. The van der Waals surface area contributed by atoms with Gasteiger partial charge in [-0.15, -0.1) is 35.6 Å². The summed E-state index contributed by atoms with van der Waals surface area (Å²) in [7, 11) is 0. The molecule has 198 valence electrons. The van der Waals surface area contributed by atoms with E-state index in [-0.39, 0.29) is 42.3 Å². The maximum atomic E-state index is 11.9. The molecule has 0 aliphatic rings. The molecule has 6 nitrogen and oxygen atoms in total. The van der Waals surface area contributed by atoms with E-state index in [1.807, 2.05) is 91.0 Å². The third kappa shape index (κ3) is 12.8. The predicted molar refractivity (Wildman–Crippen MR) is 151 cm³/mol. The maximum Gasteiger partial charge on any atom is 0.408 e. The minimum absolute atomic E-state index is 0. The first-order valence-electron chi connectivity index (χ1n) is 11.4. The summed E-state index contributed by atoms with van der Waals surface area (Å²) >= 11 is 11.0. The zero-order valence-electron chi connectivity index (χ0n) is 20.2. The molecule has 3 aromatic rings. The Balaban J connectivity index is 0.000000417. The zero-order chi connectivity index (χ0) is 26.2. The molecule has 1 amide bonds. The number of nitrogens with one attached hydrogen (secondary N) is 1. The second kappa shape index (κ2) is 18.4. The molecule has 3 aromatic carbocycles. The van der Waals surface area contributed by atoms with Crippen molar-refractivity contribution < 1.29 is 19.1 Å². The largest absolute Gasteiger partial charge is 0.445 e. The number of Topliss-reactive ketones (excluding diaryl/α,β-unsaturated/α-hetero) is 2. The Labute approximate surface area is 233 Å². The van der Waals surface area contributed by atoms with Crippen LogP contribution in [0.2, 0.25) is 0 Å². The van der Waals surface area contributed by atoms with Gasteiger partial charge in [0.15, 0.2) is 11.6 Å². The van der Waals surface area contributed by atoms with Crippen molar-refractivity contribution in [2.24, 2.45) is 5.73 Å². The SMILES string of the molecule is Cl.N[C@@H](Cc1ccccc1)C(=O)CCl.O=C(N[C@@H](Cc1ccccc1)C(=O)CCl)OCc1ccccc1. The summed E-state index contributed by atoms with van der Waals surface area (Å²) in [4.78, 5) is 34.9. The van der Waals surface area contributed by atoms with E-state index >= 15 is 0 Å². The lowest BCUT2D eigenvalue weighted by Crippen LogP contribution is -2.43. The Kier molecular flexibility index (Phi) is 15.9. The number of halogens is 3. The molecule has 0 aromatic heterocycles. The molecule has 3 N–H and O–H groups in total. The Morgan fingerprint density at radius 2 is 1.14 bits per heavy atom. The number of hydrogen-bond acceptors (Lipinski definition) is 5. The third-order valence-electron chi connectivity index (χ3n) is 5.15. The number of alkyl halides is 2. The Morgan fingerprint density at radius 3 is 1.59 bits per heavy atom. The third-order valence-corrected chi connectivity index (χ3v) is 5.68. The molecule has 0 saturated heterocycles. The van der Waals surface area contributed by atoms with Crippen molar-refractivity contribution in [2.75, 3.05) is 11.8 Å². The van der Waals surface area contributed by atoms with Crippen LogP contribution in [0.25, 0.3) is 0 Å². The summed E-state index contributed by atoms with van der Waals surface area (Å²) in [5.41, 5.74) is 8.51. The van der Waals surface area contributed by atoms with E-state index < -0.39 is 18.2 Å². The number of nitrogens with two attached hydrogens (primary N) is 1. The second-order valence-electron chi connectivity index (χ2n) is 7.94. The van der Waals surface area contributed by atoms with Gasteiger partial charge in [-0.25, -0.2) is 4.79 Å². The maximum absolute atomic E-state index is 11.9. The van der Waals surface area contributed by atoms with Gasteiger partial charge in [0.05, 0.1) is 23.8 Å². The molecule has 2 atom stereocenters. The van der Waals surface area contributed by atoms with Gasteiger partial charge in [0.1, 0.15) is 6.61 Å². The van der Waals surface area contributed by atoms with Crippen molar-refractivity contribution in [3.8, 4) is 0 Å². The van der Waals surface area contributed by atoms with E-state index in [2.05, 4.69) is 5.32 Å². The van der Waals surface area contributed by atoms with Crippen LogP contribution in [0.1, 0.15) is 16.7 Å². The molecule has 0 aliphatic heterocycles. The van der Waals surface area contributed by atoms with Gasteiger partial charge in [0.2, 0.25) is 0 Å². The highest BCUT2D eigenvalue weighted by molar-refractivity contribution is 6.28. The van der Waals surface area contributed by atoms with Crippen LogP contribution < -0.4 is 11.1 Å². The first-order valence-corrected chi connectivity index (χ1v) is 12.5. The lowest BCUT2D eigenvalue weighted by atomic mass is 10.0. The van der Waals surface area contributed by atoms with Gasteiger partial charge in [0, 0.05) is 0 Å². The van der Waals surface area contributed by atoms with Crippen LogP contribution in [0.5, 0.6) is 0 Å². The molecule has 0 aliphatic carbocycles. The van der Waals surface area contributed by atoms with E-state index in [1.54, 1.807) is 0 Å². The number of carbonyl (C=O) groups excluding carboxylic acids is 3. The number of hydrogen-bond donors (Lipinski definition) is 2. The monoisotopic (exact) mass is 564 g/mol. The van der Waals surface area contributed by atoms with Crippen LogP contribution >= 0.6 is 35.6 Å². The van der Waals surface area contributed by atoms with E-state index in [4.69, 9.17) is 33.7 Å². The fourth-order valence-corrected chi connectivity index (χ4v) is 3.56. The highest BCUT2D eigenvalue weighted by Gasteiger charge is 2.21. The van der Waals surface area contributed by atoms with Crippen molar-refractivity contribution in [1.82, 2.24) is 5.32 Å². The van der Waals surface area contributed by atoms with Crippen molar-refractivity contribution in [3.63, 3.8) is 0 Å². The number of ketones is 2. The van der Waals surface area contributed by atoms with Gasteiger partial charge in [0.25, 0.3) is 0 Å². The highest BCUT2D eigenvalue weighted by atomic mass is 35.5. The predicted octanol–water partition coefficient (Wildman–Crippen LogP) is 5.12. The quantitative estimate of drug-likeness (QED) is 0.315. The van der Waals surface area contributed by atoms with E-state index in [9.17, 15) is 14.4 Å². The summed E-state index contributed by atoms with van der Waals surface area (Å²) < 4.78 is 5.15. The van der Waals surface area contributed by atoms with E-state index in [1.165, 1.54) is 0 Å². The fourth-order valence-electron chi connectivity index (χ4n) is 3.18. The molecule has 0 unspecified atom stereocenters. The highest BCUT2D eigenvalue weighted by Crippen LogP contribution is 2.07. The van der Waals surface area contributed by atoms with Crippen LogP contribution in [0.4, 0.5) is 4.79 Å². The number of alkyl carbamates (subject to hydrolysis) is 1. The van der Waals surface area contributed by atoms with Gasteiger partial charge in [-0.05, 0) is 29.5 Å². The standard InChI is InChI=1S/C18H18ClNO3.C10H12ClNO.ClH/c19-12-17(21)16(11-14-7-3-1-4-8-14)20-18(22)23-13-15-9-5-2-6-10-15;11-7-10(13)9(12)6-8-4-2-1-3-5-8;/h1-10,16H,11-13H2,(H,20,22);1-5,9H,6-7,12H2;1H/t16-;9-;/m00./s1. The average Bonchev–Trinajstić information content (AvgIpc) is 2.92. The molecular formula is C28H31Cl3N2O4. The Hall–Kier alpha value is -2.90. The van der Waals surface area contributed by atoms with Gasteiger partial charge in [-0.3, -0.25) is 9.59 Å². The summed E-state index contributed by atoms with van der Waals surface area (Å²) in [5, 5.41) is 2.59. The number of rotatable bonds is 11. The number of carbonyl (C=O) groups is 3. The van der Waals surface area contributed by atoms with Crippen molar-refractivity contribution in [3.05, 3.63) is 108 Å². The second-order valence-corrected chi connectivity index (χ2v) is 8.48. The average molecular weight is 566 g/mol. The molecule has 0 fully saturated rings. The molecule has 0 heterocycles. The molecule has 0 spiro atoms. The molecule has 0 bridgehead atoms. The van der Waals surface area contributed by atoms with Crippen LogP contribution in [-0.2, 0) is 33.8 Å². The number of amides is 1. The molecule has 9 heteroatoms. The molecule has 3 rings (SSSR count). The van der Waals surface area contributed by atoms with Crippen molar-refractivity contribution in [2.45, 2.75) is 31.5 Å². The topological polar surface area (TPSA) is 98.5 Å². The smallest absolute Gasteiger partial charge is 0.408 e. The Morgan fingerprint density at radius 1 is 0.703 bits per heavy atom. The first-order chi connectivity index (χ1) is 17.4. The summed E-state index contributed by atoms with van der Waals surface area (Å²) in [6.07, 6.45) is 0.312. The molecule has 37 heavy (non-hydrogen) atoms. The fraction of sp³-hybridized carbons (Fsp3) is 0.250. The van der Waals surface area contributed by atoms with Crippen LogP contribution in [-0.4, -0.2) is 41.5 Å². The summed E-state index contributed by atoms with van der Waals surface area (Å²) in [6, 6.07) is 27.3. The van der Waals surface area contributed by atoms with Gasteiger partial charge in [-0.1, -0.05) is 91.0 Å². The van der Waals surface area contributed by atoms with Gasteiger partial charge >= 0.3 is 6.09 Å². The van der Waals surface area contributed by atoms with Gasteiger partial charge < -0.3 is 15.8 Å². The minimum Gasteiger partial charge on any atom is -0.445 e. The Bertz CT molecular complexity index is 1070. The lowest BCUT2D eigenvalue weighted by molar-refractivity contribution is -0.119. The lowest BCUT2D eigenvalue weighted by Gasteiger charge is -2.16. The first kappa shape index (κ1) is 32.1. The van der Waals surface area contributed by atoms with E-state index in [0.717, 1.165) is 16.7 Å². The van der Waals surface area contributed by atoms with Crippen LogP contribution in [0.15, 0.2) is 91.0 Å². The number of ether oxygens (including phenoxy) is 1. The summed E-state index contributed by atoms with van der Waals surface area (Å²) in [5.74, 6) is -0.512. The molecule has 0 saturated carbocycles. The van der Waals surface area contributed by atoms with E-state index in [0.29, 0.717) is 12.8 Å². The zero-order valence-corrected chi connectivity index (χ0v) is 22.6. The van der Waals surface area contributed by atoms with Crippen LogP contribution in [0.3, 0.4) is 0 Å². The van der Waals surface area contributed by atoms with Crippen molar-refractivity contribution >= 4 is 53.3 Å².